The van der Waals surface area contributed by atoms with E-state index < -0.39 is 15.8 Å². The van der Waals surface area contributed by atoms with Gasteiger partial charge in [-0.05, 0) is 12.1 Å². The van der Waals surface area contributed by atoms with Crippen LogP contribution in [0.5, 0.6) is 0 Å². The number of hydrogen-bond donors (Lipinski definition) is 1. The molecule has 1 heterocycles. The number of piperazine rings is 1. The molecule has 0 aromatic heterocycles. The van der Waals surface area contributed by atoms with Gasteiger partial charge in [-0.2, -0.15) is 4.31 Å². The quantitative estimate of drug-likeness (QED) is 0.663. The Morgan fingerprint density at radius 2 is 1.95 bits per heavy atom. The molecule has 1 saturated heterocycles. The first-order valence-electron chi connectivity index (χ1n) is 6.26. The van der Waals surface area contributed by atoms with Gasteiger partial charge in [-0.25, -0.2) is 12.8 Å². The van der Waals surface area contributed by atoms with Crippen LogP contribution in [0.15, 0.2) is 17.0 Å². The van der Waals surface area contributed by atoms with Gasteiger partial charge in [0, 0.05) is 26.2 Å². The van der Waals surface area contributed by atoms with Crippen LogP contribution in [0.25, 0.3) is 0 Å². The molecular formula is C13H15ClFN3O2S. The second-order valence-corrected chi connectivity index (χ2v) is 7.00. The summed E-state index contributed by atoms with van der Waals surface area (Å²) >= 11 is 5.85. The number of anilines is 1. The van der Waals surface area contributed by atoms with Gasteiger partial charge in [0.2, 0.25) is 10.0 Å². The van der Waals surface area contributed by atoms with Crippen molar-refractivity contribution in [3.05, 3.63) is 23.0 Å². The van der Waals surface area contributed by atoms with Crippen molar-refractivity contribution in [1.29, 1.82) is 0 Å². The fraction of sp³-hybridized carbons (Fsp3) is 0.385. The number of nitrogen functional groups attached to an aromatic ring is 1. The van der Waals surface area contributed by atoms with Crippen LogP contribution in [0.3, 0.4) is 0 Å². The van der Waals surface area contributed by atoms with E-state index in [0.29, 0.717) is 32.7 Å². The maximum absolute atomic E-state index is 13.3. The molecule has 1 aliphatic rings. The summed E-state index contributed by atoms with van der Waals surface area (Å²) in [5.41, 5.74) is 5.18. The van der Waals surface area contributed by atoms with Crippen molar-refractivity contribution >= 4 is 27.3 Å². The van der Waals surface area contributed by atoms with Gasteiger partial charge in [-0.3, -0.25) is 4.90 Å². The average molecular weight is 332 g/mol. The highest BCUT2D eigenvalue weighted by Gasteiger charge is 2.30. The number of halogens is 2. The number of benzene rings is 1. The molecule has 114 valence electrons. The molecule has 8 heteroatoms. The number of hydrogen-bond acceptors (Lipinski definition) is 4. The molecule has 1 aliphatic heterocycles. The number of sulfonamides is 1. The number of nitrogens with zero attached hydrogens (tertiary/aromatic N) is 2. The minimum atomic E-state index is -3.79. The Morgan fingerprint density at radius 1 is 1.33 bits per heavy atom. The smallest absolute Gasteiger partial charge is 0.244 e. The Hall–Kier alpha value is -1.33. The van der Waals surface area contributed by atoms with Crippen LogP contribution in [0.4, 0.5) is 10.1 Å². The topological polar surface area (TPSA) is 66.6 Å². The summed E-state index contributed by atoms with van der Waals surface area (Å²) in [4.78, 5) is 1.81. The number of nitrogens with two attached hydrogens (primary N) is 1. The van der Waals surface area contributed by atoms with Gasteiger partial charge in [-0.1, -0.05) is 17.5 Å². The van der Waals surface area contributed by atoms with Crippen molar-refractivity contribution < 1.29 is 12.8 Å². The van der Waals surface area contributed by atoms with Gasteiger partial charge >= 0.3 is 0 Å². The van der Waals surface area contributed by atoms with E-state index >= 15 is 0 Å². The normalized spacial score (nSPS) is 17.6. The summed E-state index contributed by atoms with van der Waals surface area (Å²) in [5, 5.41) is -0.173. The van der Waals surface area contributed by atoms with Crippen LogP contribution >= 0.6 is 11.6 Å². The summed E-state index contributed by atoms with van der Waals surface area (Å²) in [7, 11) is -3.79. The van der Waals surface area contributed by atoms with Crippen LogP contribution in [0.2, 0.25) is 5.02 Å². The van der Waals surface area contributed by atoms with Gasteiger partial charge in [0.1, 0.15) is 10.7 Å². The largest absolute Gasteiger partial charge is 0.396 e. The van der Waals surface area contributed by atoms with Crippen molar-refractivity contribution in [2.24, 2.45) is 0 Å². The van der Waals surface area contributed by atoms with Crippen molar-refractivity contribution in [1.82, 2.24) is 9.21 Å². The molecule has 0 radical (unpaired) electrons. The molecule has 5 nitrogen and oxygen atoms in total. The van der Waals surface area contributed by atoms with Crippen molar-refractivity contribution in [2.75, 3.05) is 38.5 Å². The Kier molecular flexibility index (Phi) is 4.74. The molecule has 1 fully saturated rings. The van der Waals surface area contributed by atoms with E-state index in [1.165, 1.54) is 4.31 Å². The lowest BCUT2D eigenvalue weighted by atomic mass is 10.3. The molecule has 0 atom stereocenters. The Morgan fingerprint density at radius 3 is 2.52 bits per heavy atom. The first-order chi connectivity index (χ1) is 9.86. The second-order valence-electron chi connectivity index (χ2n) is 4.69. The van der Waals surface area contributed by atoms with E-state index in [1.54, 1.807) is 0 Å². The molecule has 0 saturated carbocycles. The molecule has 0 bridgehead atoms. The maximum Gasteiger partial charge on any atom is 0.244 e. The van der Waals surface area contributed by atoms with Gasteiger partial charge in [0.15, 0.2) is 0 Å². The highest BCUT2D eigenvalue weighted by Crippen LogP contribution is 2.29. The summed E-state index contributed by atoms with van der Waals surface area (Å²) in [6, 6.07) is 1.97. The fourth-order valence-corrected chi connectivity index (χ4v) is 4.08. The van der Waals surface area contributed by atoms with E-state index in [4.69, 9.17) is 23.8 Å². The Labute approximate surface area is 128 Å². The predicted molar refractivity (Wildman–Crippen MR) is 79.9 cm³/mol. The molecule has 0 unspecified atom stereocenters. The maximum atomic E-state index is 13.3. The summed E-state index contributed by atoms with van der Waals surface area (Å²) in [6.07, 6.45) is 5.23. The first-order valence-corrected chi connectivity index (χ1v) is 8.08. The first kappa shape index (κ1) is 16.0. The van der Waals surface area contributed by atoms with E-state index in [-0.39, 0.29) is 15.6 Å². The van der Waals surface area contributed by atoms with E-state index in [9.17, 15) is 12.8 Å². The minimum Gasteiger partial charge on any atom is -0.396 e. The molecule has 1 aromatic rings. The van der Waals surface area contributed by atoms with Crippen molar-refractivity contribution in [2.45, 2.75) is 4.90 Å². The molecule has 2 N–H and O–H groups in total. The lowest BCUT2D eigenvalue weighted by Gasteiger charge is -2.33. The lowest BCUT2D eigenvalue weighted by molar-refractivity contribution is 0.207. The SMILES string of the molecule is C#CCN1CCN(S(=O)(=O)c2cc(N)c(F)cc2Cl)CC1. The van der Waals surface area contributed by atoms with Crippen LogP contribution in [-0.4, -0.2) is 50.3 Å². The van der Waals surface area contributed by atoms with Gasteiger partial charge in [0.05, 0.1) is 17.3 Å². The molecule has 0 aliphatic carbocycles. The third-order valence-corrected chi connectivity index (χ3v) is 5.68. The van der Waals surface area contributed by atoms with Crippen LogP contribution in [-0.2, 0) is 10.0 Å². The number of terminal acetylenes is 1. The third-order valence-electron chi connectivity index (χ3n) is 3.32. The summed E-state index contributed by atoms with van der Waals surface area (Å²) in [6.45, 7) is 2.17. The minimum absolute atomic E-state index is 0.173. The van der Waals surface area contributed by atoms with Crippen LogP contribution in [0, 0.1) is 18.2 Å². The van der Waals surface area contributed by atoms with Crippen molar-refractivity contribution in [3.8, 4) is 12.3 Å². The van der Waals surface area contributed by atoms with E-state index in [1.807, 2.05) is 4.90 Å². The summed E-state index contributed by atoms with van der Waals surface area (Å²) < 4.78 is 39.7. The highest BCUT2D eigenvalue weighted by molar-refractivity contribution is 7.89. The number of rotatable bonds is 3. The van der Waals surface area contributed by atoms with E-state index in [2.05, 4.69) is 5.92 Å². The second kappa shape index (κ2) is 6.20. The Balaban J connectivity index is 2.24. The van der Waals surface area contributed by atoms with Gasteiger partial charge in [-0.15, -0.1) is 6.42 Å². The predicted octanol–water partition coefficient (Wildman–Crippen LogP) is 1.00. The summed E-state index contributed by atoms with van der Waals surface area (Å²) in [5.74, 6) is 1.79. The van der Waals surface area contributed by atoms with Crippen molar-refractivity contribution in [3.63, 3.8) is 0 Å². The zero-order valence-corrected chi connectivity index (χ0v) is 12.8. The average Bonchev–Trinajstić information content (AvgIpc) is 2.43. The zero-order valence-electron chi connectivity index (χ0n) is 11.2. The molecule has 2 rings (SSSR count). The molecule has 0 amide bonds. The van der Waals surface area contributed by atoms with Gasteiger partial charge < -0.3 is 5.73 Å². The Bertz CT molecular complexity index is 679. The molecule has 21 heavy (non-hydrogen) atoms. The van der Waals surface area contributed by atoms with E-state index in [0.717, 1.165) is 12.1 Å². The van der Waals surface area contributed by atoms with Crippen LogP contribution in [0.1, 0.15) is 0 Å². The third kappa shape index (κ3) is 3.30. The highest BCUT2D eigenvalue weighted by atomic mass is 35.5. The monoisotopic (exact) mass is 331 g/mol. The van der Waals surface area contributed by atoms with Crippen LogP contribution < -0.4 is 5.73 Å². The molecule has 0 spiro atoms. The molecular weight excluding hydrogens is 317 g/mol. The standard InChI is InChI=1S/C13H15ClFN3O2S/c1-2-3-17-4-6-18(7-5-17)21(19,20)13-9-12(16)11(15)8-10(13)14/h1,8-9H,3-7,16H2. The fourth-order valence-electron chi connectivity index (χ4n) is 2.14. The lowest BCUT2D eigenvalue weighted by Crippen LogP contribution is -2.48. The molecule has 1 aromatic carbocycles. The zero-order chi connectivity index (χ0) is 15.6. The van der Waals surface area contributed by atoms with Gasteiger partial charge in [0.25, 0.3) is 0 Å².